The van der Waals surface area contributed by atoms with E-state index in [2.05, 4.69) is 4.98 Å². The van der Waals surface area contributed by atoms with Gasteiger partial charge in [-0.15, -0.1) is 0 Å². The van der Waals surface area contributed by atoms with Crippen molar-refractivity contribution < 1.29 is 35.9 Å². The lowest BCUT2D eigenvalue weighted by Gasteiger charge is -2.26. The minimum atomic E-state index is -4.63. The van der Waals surface area contributed by atoms with Crippen molar-refractivity contribution in [1.29, 1.82) is 0 Å². The average molecular weight is 723 g/mol. The van der Waals surface area contributed by atoms with Crippen molar-refractivity contribution in [2.24, 2.45) is 0 Å². The molecule has 1 saturated carbocycles. The van der Waals surface area contributed by atoms with E-state index in [0.29, 0.717) is 30.8 Å². The van der Waals surface area contributed by atoms with Crippen molar-refractivity contribution in [2.75, 3.05) is 19.6 Å². The van der Waals surface area contributed by atoms with Crippen molar-refractivity contribution in [3.63, 3.8) is 0 Å². The fourth-order valence-electron chi connectivity index (χ4n) is 6.93. The molecule has 0 saturated heterocycles. The number of aryl methyl sites for hydroxylation is 1. The highest BCUT2D eigenvalue weighted by Crippen LogP contribution is 2.52. The summed E-state index contributed by atoms with van der Waals surface area (Å²) in [5, 5.41) is 10.7. The van der Waals surface area contributed by atoms with Crippen LogP contribution in [0, 0.1) is 5.82 Å². The topological polar surface area (TPSA) is 124 Å². The first-order valence-electron chi connectivity index (χ1n) is 16.6. The molecular weight excluding hydrogens is 688 g/mol. The molecule has 1 aliphatic carbocycles. The van der Waals surface area contributed by atoms with Gasteiger partial charge >= 0.3 is 6.18 Å². The zero-order valence-electron chi connectivity index (χ0n) is 27.3. The molecule has 1 atom stereocenters. The molecule has 0 spiro atoms. The highest BCUT2D eigenvalue weighted by Gasteiger charge is 2.49. The summed E-state index contributed by atoms with van der Waals surface area (Å²) in [6.45, 7) is 0.472. The zero-order valence-corrected chi connectivity index (χ0v) is 28.1. The van der Waals surface area contributed by atoms with Gasteiger partial charge in [-0.25, -0.2) is 17.8 Å². The lowest BCUT2D eigenvalue weighted by atomic mass is 9.90. The number of carbonyl (C=O) groups excluding carboxylic acids is 1. The number of sulfonamides is 1. The van der Waals surface area contributed by atoms with Gasteiger partial charge in [-0.1, -0.05) is 42.5 Å². The third kappa shape index (κ3) is 6.75. The molecular formula is C37H34F4N4O5S. The summed E-state index contributed by atoms with van der Waals surface area (Å²) in [5.41, 5.74) is 1.59. The number of benzene rings is 3. The Morgan fingerprint density at radius 2 is 1.73 bits per heavy atom. The Bertz CT molecular complexity index is 2200. The van der Waals surface area contributed by atoms with Crippen molar-refractivity contribution in [2.45, 2.75) is 61.2 Å². The molecule has 9 nitrogen and oxygen atoms in total. The second-order valence-corrected chi connectivity index (χ2v) is 15.1. The molecule has 0 radical (unpaired) electrons. The maximum absolute atomic E-state index is 13.5. The summed E-state index contributed by atoms with van der Waals surface area (Å²) >= 11 is 0. The first-order chi connectivity index (χ1) is 24.3. The molecule has 1 amide bonds. The molecule has 14 heteroatoms. The highest BCUT2D eigenvalue weighted by molar-refractivity contribution is 7.89. The average Bonchev–Trinajstić information content (AvgIpc) is 3.96. The van der Waals surface area contributed by atoms with E-state index in [1.54, 1.807) is 0 Å². The number of aliphatic hydroxyl groups is 1. The van der Waals surface area contributed by atoms with E-state index in [1.165, 1.54) is 27.4 Å². The van der Waals surface area contributed by atoms with Crippen molar-refractivity contribution in [1.82, 2.24) is 19.2 Å². The number of amides is 1. The summed E-state index contributed by atoms with van der Waals surface area (Å²) in [4.78, 5) is 36.0. The van der Waals surface area contributed by atoms with E-state index < -0.39 is 50.6 Å². The summed E-state index contributed by atoms with van der Waals surface area (Å²) in [6, 6.07) is 16.7. The van der Waals surface area contributed by atoms with Gasteiger partial charge in [-0.05, 0) is 90.8 Å². The van der Waals surface area contributed by atoms with Gasteiger partial charge in [0.05, 0.1) is 33.7 Å². The van der Waals surface area contributed by atoms with Crippen LogP contribution < -0.4 is 5.56 Å². The number of hydrogen-bond donors (Lipinski definition) is 2. The number of carbonyl (C=O) groups is 1. The van der Waals surface area contributed by atoms with Crippen LogP contribution in [0.5, 0.6) is 0 Å². The molecule has 266 valence electrons. The monoisotopic (exact) mass is 722 g/mol. The second kappa shape index (κ2) is 13.1. The minimum absolute atomic E-state index is 0.0349. The second-order valence-electron chi connectivity index (χ2n) is 13.2. The van der Waals surface area contributed by atoms with Crippen LogP contribution in [0.25, 0.3) is 5.57 Å². The number of alkyl halides is 3. The van der Waals surface area contributed by atoms with Crippen LogP contribution in [-0.2, 0) is 39.4 Å². The lowest BCUT2D eigenvalue weighted by molar-refractivity contribution is -0.142. The number of aromatic amines is 1. The third-order valence-corrected chi connectivity index (χ3v) is 11.9. The number of halogens is 4. The SMILES string of the molecule is O=C(C(O)c1cccc(C(F)(F)F)c1)N1CCCc2nc(C3(c4cccc(C5=CCN(S(=O)(=O)c6ccc(F)cc6)CC5)c4)CC3)[nH]c(=O)c2C1. The predicted molar refractivity (Wildman–Crippen MR) is 179 cm³/mol. The minimum Gasteiger partial charge on any atom is -0.378 e. The number of hydrogen-bond acceptors (Lipinski definition) is 6. The predicted octanol–water partition coefficient (Wildman–Crippen LogP) is 5.49. The Labute approximate surface area is 291 Å². The summed E-state index contributed by atoms with van der Waals surface area (Å²) < 4.78 is 80.6. The molecule has 51 heavy (non-hydrogen) atoms. The van der Waals surface area contributed by atoms with Crippen LogP contribution >= 0.6 is 0 Å². The quantitative estimate of drug-likeness (QED) is 0.243. The number of nitrogens with zero attached hydrogens (tertiary/aromatic N) is 3. The number of H-pyrrole nitrogens is 1. The van der Waals surface area contributed by atoms with Crippen LogP contribution in [0.1, 0.15) is 71.1 Å². The van der Waals surface area contributed by atoms with Gasteiger partial charge < -0.3 is 15.0 Å². The molecule has 3 aliphatic rings. The lowest BCUT2D eigenvalue weighted by Crippen LogP contribution is -2.36. The first kappa shape index (κ1) is 34.8. The van der Waals surface area contributed by atoms with Gasteiger partial charge in [0.15, 0.2) is 6.10 Å². The highest BCUT2D eigenvalue weighted by atomic mass is 32.2. The normalized spacial score (nSPS) is 18.4. The van der Waals surface area contributed by atoms with Gasteiger partial charge in [0.1, 0.15) is 11.6 Å². The Balaban J connectivity index is 1.09. The Hall–Kier alpha value is -4.66. The van der Waals surface area contributed by atoms with E-state index in [-0.39, 0.29) is 42.2 Å². The molecule has 0 bridgehead atoms. The molecule has 7 rings (SSSR count). The smallest absolute Gasteiger partial charge is 0.378 e. The Kier molecular flexibility index (Phi) is 8.96. The summed E-state index contributed by atoms with van der Waals surface area (Å²) in [7, 11) is -3.78. The van der Waals surface area contributed by atoms with Crippen LogP contribution in [-0.4, -0.2) is 58.2 Å². The maximum atomic E-state index is 13.5. The zero-order chi connectivity index (χ0) is 36.1. The van der Waals surface area contributed by atoms with Crippen LogP contribution in [0.3, 0.4) is 0 Å². The molecule has 1 aromatic heterocycles. The van der Waals surface area contributed by atoms with Gasteiger partial charge in [0, 0.05) is 19.6 Å². The molecule has 1 unspecified atom stereocenters. The molecule has 3 heterocycles. The Morgan fingerprint density at radius 1 is 0.980 bits per heavy atom. The molecule has 3 aromatic carbocycles. The first-order valence-corrected chi connectivity index (χ1v) is 18.0. The fourth-order valence-corrected chi connectivity index (χ4v) is 8.31. The van der Waals surface area contributed by atoms with Crippen LogP contribution in [0.4, 0.5) is 17.6 Å². The number of nitrogens with one attached hydrogen (secondary N) is 1. The van der Waals surface area contributed by atoms with Gasteiger partial charge in [0.25, 0.3) is 11.5 Å². The number of rotatable bonds is 7. The molecule has 4 aromatic rings. The van der Waals surface area contributed by atoms with Crippen LogP contribution in [0.15, 0.2) is 88.6 Å². The van der Waals surface area contributed by atoms with Gasteiger partial charge in [-0.2, -0.15) is 17.5 Å². The fraction of sp³-hybridized carbons (Fsp3) is 0.324. The largest absolute Gasteiger partial charge is 0.416 e. The van der Waals surface area contributed by atoms with E-state index in [4.69, 9.17) is 4.98 Å². The van der Waals surface area contributed by atoms with Crippen molar-refractivity contribution in [3.05, 3.63) is 134 Å². The van der Waals surface area contributed by atoms with Crippen LogP contribution in [0.2, 0.25) is 0 Å². The maximum Gasteiger partial charge on any atom is 0.416 e. The Morgan fingerprint density at radius 3 is 2.41 bits per heavy atom. The summed E-state index contributed by atoms with van der Waals surface area (Å²) in [6.07, 6.45) is -1.78. The third-order valence-electron chi connectivity index (χ3n) is 9.98. The van der Waals surface area contributed by atoms with Gasteiger partial charge in [-0.3, -0.25) is 9.59 Å². The van der Waals surface area contributed by atoms with E-state index in [0.717, 1.165) is 59.9 Å². The van der Waals surface area contributed by atoms with Crippen molar-refractivity contribution in [3.8, 4) is 0 Å². The molecule has 2 N–H and O–H groups in total. The number of aromatic nitrogens is 2. The van der Waals surface area contributed by atoms with E-state index in [1.807, 2.05) is 30.3 Å². The standard InChI is InChI=1S/C37H34F4N4O5S/c38-28-9-11-29(12-10-28)51(49,50)45-18-13-23(14-19-45)24-4-1-6-26(20-24)36(15-16-36)35-42-31-8-3-17-44(22-30(31)33(47)43-35)34(48)32(46)25-5-2-7-27(21-25)37(39,40)41/h1-2,4-7,9-13,20-21,32,46H,3,8,14-19,22H2,(H,42,43,47). The van der Waals surface area contributed by atoms with Crippen molar-refractivity contribution >= 4 is 21.5 Å². The van der Waals surface area contributed by atoms with Gasteiger partial charge in [0.2, 0.25) is 10.0 Å². The molecule has 2 aliphatic heterocycles. The number of aliphatic hydroxyl groups excluding tert-OH is 1. The summed E-state index contributed by atoms with van der Waals surface area (Å²) in [5.74, 6) is -0.793. The number of fused-ring (bicyclic) bond motifs is 1. The molecule has 1 fully saturated rings. The van der Waals surface area contributed by atoms with E-state index in [9.17, 15) is 40.7 Å². The van der Waals surface area contributed by atoms with E-state index >= 15 is 0 Å².